The molecule has 0 spiro atoms. The van der Waals surface area contributed by atoms with Crippen LogP contribution in [0.15, 0.2) is 65.8 Å². The molecule has 2 aromatic carbocycles. The summed E-state index contributed by atoms with van der Waals surface area (Å²) in [4.78, 5) is 38.7. The van der Waals surface area contributed by atoms with Gasteiger partial charge in [-0.15, -0.1) is 0 Å². The highest BCUT2D eigenvalue weighted by molar-refractivity contribution is 7.99. The van der Waals surface area contributed by atoms with Crippen molar-refractivity contribution < 1.29 is 19.1 Å². The number of hydrogen-bond donors (Lipinski definition) is 1. The Morgan fingerprint density at radius 1 is 1.05 bits per heavy atom. The molecule has 1 heterocycles. The lowest BCUT2D eigenvalue weighted by Crippen LogP contribution is -2.51. The number of ether oxygens (including phenoxy) is 2. The summed E-state index contributed by atoms with van der Waals surface area (Å²) in [6.07, 6.45) is 6.53. The molecule has 2 amide bonds. The van der Waals surface area contributed by atoms with E-state index in [1.165, 1.54) is 18.9 Å². The second kappa shape index (κ2) is 14.4. The first-order valence-electron chi connectivity index (χ1n) is 13.4. The molecule has 0 bridgehead atoms. The number of carbonyl (C=O) groups is 2. The fourth-order valence-electron chi connectivity index (χ4n) is 4.92. The van der Waals surface area contributed by atoms with Gasteiger partial charge in [0, 0.05) is 29.0 Å². The Hall–Kier alpha value is -3.56. The molecule has 216 valence electrons. The summed E-state index contributed by atoms with van der Waals surface area (Å²) in [5.41, 5.74) is 3.06. The van der Waals surface area contributed by atoms with Gasteiger partial charge in [0.25, 0.3) is 0 Å². The summed E-state index contributed by atoms with van der Waals surface area (Å²) >= 11 is 7.41. The van der Waals surface area contributed by atoms with Gasteiger partial charge in [0.05, 0.1) is 25.7 Å². The van der Waals surface area contributed by atoms with Crippen LogP contribution in [0.1, 0.15) is 36.2 Å². The van der Waals surface area contributed by atoms with Crippen LogP contribution in [0, 0.1) is 19.8 Å². The summed E-state index contributed by atoms with van der Waals surface area (Å²) in [5.74, 6) is 0.655. The second-order valence-corrected chi connectivity index (χ2v) is 11.3. The van der Waals surface area contributed by atoms with Crippen molar-refractivity contribution in [3.8, 4) is 11.5 Å². The molecular formula is C31H35ClN4O4S. The fourth-order valence-corrected chi connectivity index (χ4v) is 5.88. The second-order valence-electron chi connectivity index (χ2n) is 9.91. The van der Waals surface area contributed by atoms with Gasteiger partial charge in [-0.2, -0.15) is 0 Å². The summed E-state index contributed by atoms with van der Waals surface area (Å²) in [7, 11) is 3.11. The largest absolute Gasteiger partial charge is 0.497 e. The monoisotopic (exact) mass is 594 g/mol. The maximum Gasteiger partial charge on any atom is 0.247 e. The minimum atomic E-state index is -0.726. The molecule has 2 unspecified atom stereocenters. The maximum absolute atomic E-state index is 14.1. The number of halogens is 1. The van der Waals surface area contributed by atoms with Crippen LogP contribution in [0.2, 0.25) is 5.02 Å². The predicted molar refractivity (Wildman–Crippen MR) is 163 cm³/mol. The van der Waals surface area contributed by atoms with Gasteiger partial charge in [-0.25, -0.2) is 9.97 Å². The highest BCUT2D eigenvalue weighted by Crippen LogP contribution is 2.32. The van der Waals surface area contributed by atoms with Crippen LogP contribution < -0.4 is 14.8 Å². The minimum absolute atomic E-state index is 0.0667. The van der Waals surface area contributed by atoms with Gasteiger partial charge in [-0.05, 0) is 74.9 Å². The number of carbonyl (C=O) groups excluding carboxylic acids is 2. The fraction of sp³-hybridized carbons (Fsp3) is 0.355. The molecule has 1 aliphatic carbocycles. The number of allylic oxidation sites excluding steroid dienone is 2. The Bertz CT molecular complexity index is 1380. The third kappa shape index (κ3) is 8.24. The zero-order chi connectivity index (χ0) is 29.4. The summed E-state index contributed by atoms with van der Waals surface area (Å²) < 4.78 is 10.8. The van der Waals surface area contributed by atoms with Crippen LogP contribution in [-0.2, 0) is 16.1 Å². The summed E-state index contributed by atoms with van der Waals surface area (Å²) in [6.45, 7) is 4.05. The van der Waals surface area contributed by atoms with E-state index in [4.69, 9.17) is 21.1 Å². The number of nitrogens with zero attached hydrogens (tertiary/aromatic N) is 3. The molecule has 4 rings (SSSR count). The molecule has 0 saturated carbocycles. The molecule has 0 saturated heterocycles. The number of aromatic nitrogens is 2. The first kappa shape index (κ1) is 30.4. The number of hydrogen-bond acceptors (Lipinski definition) is 7. The molecule has 41 heavy (non-hydrogen) atoms. The van der Waals surface area contributed by atoms with Gasteiger partial charge in [0.15, 0.2) is 5.16 Å². The van der Waals surface area contributed by atoms with E-state index in [1.54, 1.807) is 42.3 Å². The zero-order valence-corrected chi connectivity index (χ0v) is 25.3. The standard InChI is InChI=1S/C31H35ClN4O4S/c1-20-16-21(2)34-31(33-20)41-19-28(37)36(18-22-10-12-24(32)13-11-22)29(23-8-6-5-7-9-23)30(38)35-26-15-14-25(39-3)17-27(26)40-4/h5-6,10-17,23,29H,7-9,18-19H2,1-4H3,(H,35,38). The number of methoxy groups -OCH3 is 2. The Morgan fingerprint density at radius 3 is 2.41 bits per heavy atom. The lowest BCUT2D eigenvalue weighted by Gasteiger charge is -2.37. The summed E-state index contributed by atoms with van der Waals surface area (Å²) in [5, 5.41) is 4.18. The van der Waals surface area contributed by atoms with Crippen LogP contribution in [0.5, 0.6) is 11.5 Å². The number of amides is 2. The van der Waals surface area contributed by atoms with E-state index in [-0.39, 0.29) is 30.0 Å². The van der Waals surface area contributed by atoms with Gasteiger partial charge in [-0.1, -0.05) is 47.6 Å². The Labute approximate surface area is 250 Å². The van der Waals surface area contributed by atoms with Crippen molar-refractivity contribution in [2.45, 2.75) is 50.9 Å². The van der Waals surface area contributed by atoms with E-state index >= 15 is 0 Å². The number of aryl methyl sites for hydroxylation is 2. The van der Waals surface area contributed by atoms with Crippen molar-refractivity contribution in [1.29, 1.82) is 0 Å². The average Bonchev–Trinajstić information content (AvgIpc) is 2.97. The van der Waals surface area contributed by atoms with Gasteiger partial charge in [0.2, 0.25) is 11.8 Å². The van der Waals surface area contributed by atoms with Crippen molar-refractivity contribution in [2.75, 3.05) is 25.3 Å². The number of thioether (sulfide) groups is 1. The van der Waals surface area contributed by atoms with Crippen LogP contribution in [-0.4, -0.2) is 52.7 Å². The first-order chi connectivity index (χ1) is 19.8. The number of benzene rings is 2. The number of nitrogens with one attached hydrogen (secondary N) is 1. The maximum atomic E-state index is 14.1. The average molecular weight is 595 g/mol. The van der Waals surface area contributed by atoms with Crippen molar-refractivity contribution in [3.05, 3.63) is 82.7 Å². The smallest absolute Gasteiger partial charge is 0.247 e. The Kier molecular flexibility index (Phi) is 10.7. The summed E-state index contributed by atoms with van der Waals surface area (Å²) in [6, 6.07) is 13.7. The third-order valence-corrected chi connectivity index (χ3v) is 7.98. The molecule has 1 N–H and O–H groups in total. The topological polar surface area (TPSA) is 93.7 Å². The van der Waals surface area contributed by atoms with Crippen LogP contribution in [0.25, 0.3) is 0 Å². The van der Waals surface area contributed by atoms with Crippen LogP contribution in [0.3, 0.4) is 0 Å². The Balaban J connectivity index is 1.67. The lowest BCUT2D eigenvalue weighted by atomic mass is 9.86. The van der Waals surface area contributed by atoms with E-state index < -0.39 is 6.04 Å². The lowest BCUT2D eigenvalue weighted by molar-refractivity contribution is -0.139. The van der Waals surface area contributed by atoms with Gasteiger partial charge < -0.3 is 19.7 Å². The van der Waals surface area contributed by atoms with Crippen LogP contribution >= 0.6 is 23.4 Å². The molecule has 2 atom stereocenters. The molecule has 1 aromatic heterocycles. The first-order valence-corrected chi connectivity index (χ1v) is 14.8. The number of anilines is 1. The van der Waals surface area contributed by atoms with Gasteiger partial charge in [0.1, 0.15) is 17.5 Å². The minimum Gasteiger partial charge on any atom is -0.497 e. The third-order valence-electron chi connectivity index (χ3n) is 6.90. The Morgan fingerprint density at radius 2 is 1.78 bits per heavy atom. The molecular weight excluding hydrogens is 560 g/mol. The van der Waals surface area contributed by atoms with Crippen LogP contribution in [0.4, 0.5) is 5.69 Å². The highest BCUT2D eigenvalue weighted by Gasteiger charge is 2.37. The predicted octanol–water partition coefficient (Wildman–Crippen LogP) is 6.25. The molecule has 1 aliphatic rings. The van der Waals surface area contributed by atoms with E-state index in [1.807, 2.05) is 32.0 Å². The molecule has 3 aromatic rings. The van der Waals surface area contributed by atoms with Crippen molar-refractivity contribution in [1.82, 2.24) is 14.9 Å². The van der Waals surface area contributed by atoms with Crippen molar-refractivity contribution >= 4 is 40.9 Å². The molecule has 8 nitrogen and oxygen atoms in total. The van der Waals surface area contributed by atoms with E-state index in [0.717, 1.165) is 29.8 Å². The molecule has 0 radical (unpaired) electrons. The van der Waals surface area contributed by atoms with Crippen molar-refractivity contribution in [2.24, 2.45) is 5.92 Å². The zero-order valence-electron chi connectivity index (χ0n) is 23.7. The SMILES string of the molecule is COc1ccc(NC(=O)C(C2CC=CCC2)N(Cc2ccc(Cl)cc2)C(=O)CSc2nc(C)cc(C)n2)c(OC)c1. The quantitative estimate of drug-likeness (QED) is 0.159. The van der Waals surface area contributed by atoms with E-state index in [9.17, 15) is 9.59 Å². The number of rotatable bonds is 11. The normalized spacial score (nSPS) is 15.2. The molecule has 0 fully saturated rings. The van der Waals surface area contributed by atoms with Crippen molar-refractivity contribution in [3.63, 3.8) is 0 Å². The molecule has 10 heteroatoms. The van der Waals surface area contributed by atoms with Gasteiger partial charge >= 0.3 is 0 Å². The van der Waals surface area contributed by atoms with E-state index in [0.29, 0.717) is 33.8 Å². The molecule has 0 aliphatic heterocycles. The van der Waals surface area contributed by atoms with E-state index in [2.05, 4.69) is 27.4 Å². The highest BCUT2D eigenvalue weighted by atomic mass is 35.5. The van der Waals surface area contributed by atoms with Gasteiger partial charge in [-0.3, -0.25) is 9.59 Å².